The highest BCUT2D eigenvalue weighted by Crippen LogP contribution is 2.43. The van der Waals surface area contributed by atoms with E-state index in [0.717, 1.165) is 25.3 Å². The number of likely N-dealkylation sites (tertiary alicyclic amines) is 2. The fourth-order valence-corrected chi connectivity index (χ4v) is 4.79. The lowest BCUT2D eigenvalue weighted by atomic mass is 9.82. The molecule has 0 aliphatic carbocycles. The highest BCUT2D eigenvalue weighted by atomic mass is 16.5. The number of aliphatic hydroxyl groups excluding tert-OH is 1. The molecule has 2 atom stereocenters. The largest absolute Gasteiger partial charge is 0.483 e. The van der Waals surface area contributed by atoms with Gasteiger partial charge in [0, 0.05) is 55.6 Å². The number of rotatable bonds is 4. The predicted molar refractivity (Wildman–Crippen MR) is 112 cm³/mol. The maximum Gasteiger partial charge on any atom is 0.290 e. The van der Waals surface area contributed by atoms with Crippen molar-refractivity contribution in [3.8, 4) is 5.75 Å². The maximum atomic E-state index is 13.1. The molecule has 11 nitrogen and oxygen atoms in total. The number of carbonyl (C=O) groups is 3. The first-order valence-corrected chi connectivity index (χ1v) is 10.2. The maximum absolute atomic E-state index is 13.1. The zero-order valence-corrected chi connectivity index (χ0v) is 17.4. The molecule has 2 unspecified atom stereocenters. The van der Waals surface area contributed by atoms with Gasteiger partial charge in [-0.1, -0.05) is 0 Å². The number of anilines is 1. The van der Waals surface area contributed by atoms with Crippen LogP contribution in [0.2, 0.25) is 0 Å². The van der Waals surface area contributed by atoms with Crippen molar-refractivity contribution in [1.29, 1.82) is 0 Å². The van der Waals surface area contributed by atoms with Crippen LogP contribution in [0, 0.1) is 11.3 Å². The highest BCUT2D eigenvalue weighted by molar-refractivity contribution is 5.99. The van der Waals surface area contributed by atoms with Crippen LogP contribution in [0.25, 0.3) is 0 Å². The number of H-pyrrole nitrogens is 1. The van der Waals surface area contributed by atoms with Gasteiger partial charge in [0.2, 0.25) is 0 Å². The molecule has 3 aliphatic rings. The van der Waals surface area contributed by atoms with E-state index in [9.17, 15) is 14.7 Å². The Bertz CT molecular complexity index is 997. The third kappa shape index (κ3) is 4.16. The van der Waals surface area contributed by atoms with Crippen LogP contribution in [0.4, 0.5) is 5.69 Å². The summed E-state index contributed by atoms with van der Waals surface area (Å²) >= 11 is 0. The molecule has 4 N–H and O–H groups in total. The molecule has 170 valence electrons. The Hall–Kier alpha value is -3.44. The van der Waals surface area contributed by atoms with Gasteiger partial charge in [-0.05, 0) is 24.1 Å². The minimum Gasteiger partial charge on any atom is -0.483 e. The van der Waals surface area contributed by atoms with Crippen molar-refractivity contribution in [2.24, 2.45) is 11.3 Å². The molecular formula is C21H25N5O6. The van der Waals surface area contributed by atoms with Gasteiger partial charge in [-0.2, -0.15) is 0 Å². The van der Waals surface area contributed by atoms with Crippen LogP contribution < -0.4 is 10.1 Å². The van der Waals surface area contributed by atoms with E-state index in [-0.39, 0.29) is 42.8 Å². The lowest BCUT2D eigenvalue weighted by molar-refractivity contribution is -0.123. The standard InChI is InChI=1S/C20H23N5O4.CH2O2/c26-11-20-9-24(7-15-4-21-12-22-15)5-14(20)6-25(10-20)19(28)13-1-2-16-17(3-13)29-8-18(27)23-16;2-1-3/h1-4,12,14,26H,5-11H2,(H,21,22)(H,23,27);1H,(H,2,3). The summed E-state index contributed by atoms with van der Waals surface area (Å²) in [5.74, 6) is 0.467. The van der Waals surface area contributed by atoms with Gasteiger partial charge in [0.1, 0.15) is 5.75 Å². The third-order valence-electron chi connectivity index (χ3n) is 6.24. The first-order chi connectivity index (χ1) is 15.5. The smallest absolute Gasteiger partial charge is 0.290 e. The molecule has 2 aromatic rings. The predicted octanol–water partition coefficient (Wildman–Crippen LogP) is 0.00790. The first-order valence-electron chi connectivity index (χ1n) is 10.2. The Morgan fingerprint density at radius 1 is 1.34 bits per heavy atom. The second kappa shape index (κ2) is 8.97. The minimum absolute atomic E-state index is 0.0454. The van der Waals surface area contributed by atoms with Crippen LogP contribution in [0.1, 0.15) is 16.1 Å². The number of amides is 2. The summed E-state index contributed by atoms with van der Waals surface area (Å²) in [4.78, 5) is 44.2. The number of aliphatic hydroxyl groups is 1. The molecule has 0 spiro atoms. The molecular weight excluding hydrogens is 418 g/mol. The molecule has 1 aromatic carbocycles. The summed E-state index contributed by atoms with van der Waals surface area (Å²) in [7, 11) is 0. The summed E-state index contributed by atoms with van der Waals surface area (Å²) in [6.45, 7) is 3.25. The number of ether oxygens (including phenoxy) is 1. The van der Waals surface area contributed by atoms with Gasteiger partial charge in [-0.25, -0.2) is 4.98 Å². The van der Waals surface area contributed by atoms with Crippen LogP contribution in [0.15, 0.2) is 30.7 Å². The van der Waals surface area contributed by atoms with E-state index in [0.29, 0.717) is 30.1 Å². The summed E-state index contributed by atoms with van der Waals surface area (Å²) in [5.41, 5.74) is 1.86. The van der Waals surface area contributed by atoms with E-state index >= 15 is 0 Å². The molecule has 2 fully saturated rings. The molecule has 4 heterocycles. The number of hydrogen-bond donors (Lipinski definition) is 4. The Balaban J connectivity index is 0.000000775. The van der Waals surface area contributed by atoms with Gasteiger partial charge in [0.05, 0.1) is 18.6 Å². The van der Waals surface area contributed by atoms with E-state index in [1.807, 2.05) is 11.1 Å². The quantitative estimate of drug-likeness (QED) is 0.483. The van der Waals surface area contributed by atoms with E-state index in [1.54, 1.807) is 24.5 Å². The summed E-state index contributed by atoms with van der Waals surface area (Å²) in [6.07, 6.45) is 3.48. The van der Waals surface area contributed by atoms with Crippen molar-refractivity contribution < 1.29 is 29.3 Å². The summed E-state index contributed by atoms with van der Waals surface area (Å²) in [6, 6.07) is 5.09. The number of fused-ring (bicyclic) bond motifs is 2. The van der Waals surface area contributed by atoms with Crippen molar-refractivity contribution in [3.05, 3.63) is 42.0 Å². The van der Waals surface area contributed by atoms with E-state index in [4.69, 9.17) is 14.6 Å². The van der Waals surface area contributed by atoms with Crippen molar-refractivity contribution in [2.45, 2.75) is 6.54 Å². The van der Waals surface area contributed by atoms with Crippen molar-refractivity contribution in [1.82, 2.24) is 19.8 Å². The number of imidazole rings is 1. The zero-order chi connectivity index (χ0) is 22.7. The van der Waals surface area contributed by atoms with Gasteiger partial charge in [-0.15, -0.1) is 0 Å². The van der Waals surface area contributed by atoms with Gasteiger partial charge in [0.25, 0.3) is 18.3 Å². The van der Waals surface area contributed by atoms with Crippen molar-refractivity contribution >= 4 is 24.0 Å². The Kier molecular flexibility index (Phi) is 6.10. The number of aromatic nitrogens is 2. The number of nitrogens with zero attached hydrogens (tertiary/aromatic N) is 3. The van der Waals surface area contributed by atoms with Crippen molar-refractivity contribution in [2.75, 3.05) is 44.7 Å². The van der Waals surface area contributed by atoms with Crippen molar-refractivity contribution in [3.63, 3.8) is 0 Å². The monoisotopic (exact) mass is 443 g/mol. The lowest BCUT2D eigenvalue weighted by Gasteiger charge is -2.27. The van der Waals surface area contributed by atoms with E-state index in [1.165, 1.54) is 0 Å². The minimum atomic E-state index is -0.297. The van der Waals surface area contributed by atoms with Crippen LogP contribution in [-0.2, 0) is 16.1 Å². The average Bonchev–Trinajstić information content (AvgIpc) is 3.49. The van der Waals surface area contributed by atoms with Crippen LogP contribution in [-0.4, -0.2) is 87.7 Å². The molecule has 2 saturated heterocycles. The van der Waals surface area contributed by atoms with Gasteiger partial charge in [0.15, 0.2) is 6.61 Å². The molecule has 0 bridgehead atoms. The topological polar surface area (TPSA) is 148 Å². The normalized spacial score (nSPS) is 24.0. The van der Waals surface area contributed by atoms with Crippen LogP contribution in [0.3, 0.4) is 0 Å². The highest BCUT2D eigenvalue weighted by Gasteiger charge is 2.53. The second-order valence-corrected chi connectivity index (χ2v) is 8.30. The lowest BCUT2D eigenvalue weighted by Crippen LogP contribution is -2.39. The summed E-state index contributed by atoms with van der Waals surface area (Å²) in [5, 5.41) is 19.8. The molecule has 3 aliphatic heterocycles. The zero-order valence-electron chi connectivity index (χ0n) is 17.4. The number of hydrogen-bond acceptors (Lipinski definition) is 7. The molecule has 1 aromatic heterocycles. The number of carboxylic acid groups (broad SMARTS) is 1. The number of aromatic amines is 1. The molecule has 0 radical (unpaired) electrons. The number of benzene rings is 1. The Morgan fingerprint density at radius 2 is 2.16 bits per heavy atom. The third-order valence-corrected chi connectivity index (χ3v) is 6.24. The fraction of sp³-hybridized carbons (Fsp3) is 0.429. The Labute approximate surface area is 184 Å². The molecule has 5 rings (SSSR count). The molecule has 0 saturated carbocycles. The van der Waals surface area contributed by atoms with Gasteiger partial charge >= 0.3 is 0 Å². The number of carbonyl (C=O) groups excluding carboxylic acids is 2. The Morgan fingerprint density at radius 3 is 2.84 bits per heavy atom. The average molecular weight is 443 g/mol. The fourth-order valence-electron chi connectivity index (χ4n) is 4.79. The van der Waals surface area contributed by atoms with Gasteiger partial charge < -0.3 is 30.2 Å². The molecule has 32 heavy (non-hydrogen) atoms. The van der Waals surface area contributed by atoms with Crippen LogP contribution in [0.5, 0.6) is 5.75 Å². The van der Waals surface area contributed by atoms with Gasteiger partial charge in [-0.3, -0.25) is 19.3 Å². The van der Waals surface area contributed by atoms with E-state index < -0.39 is 0 Å². The summed E-state index contributed by atoms with van der Waals surface area (Å²) < 4.78 is 5.43. The second-order valence-electron chi connectivity index (χ2n) is 8.30. The SMILES string of the molecule is O=C1COc2cc(C(=O)N3CC4CN(Cc5cnc[nH]5)CC4(CO)C3)ccc2N1.O=CO. The number of nitrogens with one attached hydrogen (secondary N) is 2. The van der Waals surface area contributed by atoms with Crippen LogP contribution >= 0.6 is 0 Å². The van der Waals surface area contributed by atoms with E-state index in [2.05, 4.69) is 20.2 Å². The molecule has 11 heteroatoms. The molecule has 2 amide bonds. The first kappa shape index (κ1) is 21.8.